The molecule has 108 valence electrons. The van der Waals surface area contributed by atoms with Crippen LogP contribution in [0.2, 0.25) is 0 Å². The predicted molar refractivity (Wildman–Crippen MR) is 73.8 cm³/mol. The topological polar surface area (TPSA) is 113 Å². The highest BCUT2D eigenvalue weighted by Gasteiger charge is 2.20. The Hall–Kier alpha value is -2.35. The third kappa shape index (κ3) is 3.15. The lowest BCUT2D eigenvalue weighted by atomic mass is 10.2. The molecule has 0 amide bonds. The van der Waals surface area contributed by atoms with E-state index in [0.717, 1.165) is 5.69 Å². The number of nitro benzene ring substituents is 1. The minimum absolute atomic E-state index is 0.0379. The number of hydrogen-bond donors (Lipinski definition) is 2. The molecule has 0 aliphatic carbocycles. The van der Waals surface area contributed by atoms with Crippen molar-refractivity contribution in [1.29, 1.82) is 0 Å². The van der Waals surface area contributed by atoms with Gasteiger partial charge >= 0.3 is 5.97 Å². The van der Waals surface area contributed by atoms with Gasteiger partial charge in [0.1, 0.15) is 5.69 Å². The van der Waals surface area contributed by atoms with Gasteiger partial charge in [0.05, 0.1) is 11.5 Å². The smallest absolute Gasteiger partial charge is 0.317 e. The first-order valence-corrected chi connectivity index (χ1v) is 6.20. The maximum atomic E-state index is 10.7. The fraction of sp³-hybridized carbons (Fsp3) is 0.417. The summed E-state index contributed by atoms with van der Waals surface area (Å²) < 4.78 is 0. The van der Waals surface area contributed by atoms with E-state index in [2.05, 4.69) is 0 Å². The molecule has 0 unspecified atom stereocenters. The third-order valence-corrected chi connectivity index (χ3v) is 3.30. The second kappa shape index (κ2) is 5.74. The first kappa shape index (κ1) is 14.1. The number of benzene rings is 1. The monoisotopic (exact) mass is 280 g/mol. The highest BCUT2D eigenvalue weighted by Crippen LogP contribution is 2.27. The summed E-state index contributed by atoms with van der Waals surface area (Å²) in [7, 11) is 0. The van der Waals surface area contributed by atoms with Gasteiger partial charge in [-0.15, -0.1) is 0 Å². The highest BCUT2D eigenvalue weighted by atomic mass is 16.6. The molecule has 0 spiro atoms. The van der Waals surface area contributed by atoms with Crippen molar-refractivity contribution < 1.29 is 14.8 Å². The standard InChI is InChI=1S/C12H16N4O4/c13-10-7-9(1-2-11(10)16(19)20)15-5-3-14(4-6-15)8-12(17)18/h1-2,7H,3-6,8,13H2,(H,17,18). The Morgan fingerprint density at radius 1 is 1.35 bits per heavy atom. The van der Waals surface area contributed by atoms with Crippen molar-refractivity contribution in [3.05, 3.63) is 28.3 Å². The number of hydrogen-bond acceptors (Lipinski definition) is 6. The van der Waals surface area contributed by atoms with Crippen LogP contribution in [0.1, 0.15) is 0 Å². The fourth-order valence-electron chi connectivity index (χ4n) is 2.26. The maximum absolute atomic E-state index is 10.7. The van der Waals surface area contributed by atoms with E-state index in [1.807, 2.05) is 9.80 Å². The Morgan fingerprint density at radius 2 is 2.00 bits per heavy atom. The van der Waals surface area contributed by atoms with Crippen LogP contribution in [-0.2, 0) is 4.79 Å². The maximum Gasteiger partial charge on any atom is 0.317 e. The van der Waals surface area contributed by atoms with E-state index in [1.54, 1.807) is 12.1 Å². The van der Waals surface area contributed by atoms with Crippen LogP contribution in [0.5, 0.6) is 0 Å². The molecule has 1 aromatic carbocycles. The van der Waals surface area contributed by atoms with Crippen molar-refractivity contribution in [2.75, 3.05) is 43.4 Å². The van der Waals surface area contributed by atoms with E-state index in [1.165, 1.54) is 6.07 Å². The summed E-state index contributed by atoms with van der Waals surface area (Å²) in [5, 5.41) is 19.4. The van der Waals surface area contributed by atoms with Crippen LogP contribution in [-0.4, -0.2) is 53.6 Å². The van der Waals surface area contributed by atoms with E-state index in [4.69, 9.17) is 10.8 Å². The Kier molecular flexibility index (Phi) is 4.04. The zero-order valence-corrected chi connectivity index (χ0v) is 10.9. The van der Waals surface area contributed by atoms with Gasteiger partial charge in [0.2, 0.25) is 0 Å². The molecular weight excluding hydrogens is 264 g/mol. The molecule has 1 saturated heterocycles. The molecule has 8 nitrogen and oxygen atoms in total. The van der Waals surface area contributed by atoms with E-state index >= 15 is 0 Å². The zero-order valence-electron chi connectivity index (χ0n) is 10.9. The van der Waals surface area contributed by atoms with Gasteiger partial charge in [-0.1, -0.05) is 0 Å². The summed E-state index contributed by atoms with van der Waals surface area (Å²) in [5.41, 5.74) is 6.53. The average molecular weight is 280 g/mol. The Bertz CT molecular complexity index is 526. The van der Waals surface area contributed by atoms with E-state index in [0.29, 0.717) is 26.2 Å². The molecule has 8 heteroatoms. The molecule has 2 rings (SSSR count). The number of rotatable bonds is 4. The number of carbonyl (C=O) groups is 1. The van der Waals surface area contributed by atoms with Gasteiger partial charge in [-0.05, 0) is 12.1 Å². The van der Waals surface area contributed by atoms with Crippen molar-refractivity contribution in [3.63, 3.8) is 0 Å². The lowest BCUT2D eigenvalue weighted by molar-refractivity contribution is -0.383. The van der Waals surface area contributed by atoms with Gasteiger partial charge in [0, 0.05) is 37.9 Å². The molecule has 0 atom stereocenters. The average Bonchev–Trinajstić information content (AvgIpc) is 2.38. The minimum Gasteiger partial charge on any atom is -0.480 e. The molecule has 1 fully saturated rings. The van der Waals surface area contributed by atoms with Crippen LogP contribution in [0.4, 0.5) is 17.1 Å². The Balaban J connectivity index is 2.02. The lowest BCUT2D eigenvalue weighted by Crippen LogP contribution is -2.48. The summed E-state index contributed by atoms with van der Waals surface area (Å²) in [6.07, 6.45) is 0. The number of nitrogens with zero attached hydrogens (tertiary/aromatic N) is 3. The SMILES string of the molecule is Nc1cc(N2CCN(CC(=O)O)CC2)ccc1[N+](=O)[O-]. The van der Waals surface area contributed by atoms with Gasteiger partial charge in [-0.25, -0.2) is 0 Å². The quantitative estimate of drug-likeness (QED) is 0.465. The summed E-state index contributed by atoms with van der Waals surface area (Å²) in [6.45, 7) is 2.66. The van der Waals surface area contributed by atoms with Crippen molar-refractivity contribution in [3.8, 4) is 0 Å². The first-order valence-electron chi connectivity index (χ1n) is 6.20. The number of carboxylic acid groups (broad SMARTS) is 1. The normalized spacial score (nSPS) is 16.1. The highest BCUT2D eigenvalue weighted by molar-refractivity contribution is 5.69. The number of nitro groups is 1. The van der Waals surface area contributed by atoms with Crippen molar-refractivity contribution in [2.24, 2.45) is 0 Å². The molecule has 1 aliphatic heterocycles. The zero-order chi connectivity index (χ0) is 14.7. The largest absolute Gasteiger partial charge is 0.480 e. The molecule has 1 heterocycles. The van der Waals surface area contributed by atoms with Gasteiger partial charge in [0.25, 0.3) is 5.69 Å². The predicted octanol–water partition coefficient (Wildman–Crippen LogP) is 0.384. The molecule has 0 saturated carbocycles. The summed E-state index contributed by atoms with van der Waals surface area (Å²) in [6, 6.07) is 4.65. The van der Waals surface area contributed by atoms with E-state index in [-0.39, 0.29) is 17.9 Å². The lowest BCUT2D eigenvalue weighted by Gasteiger charge is -2.35. The molecule has 0 radical (unpaired) electrons. The summed E-state index contributed by atoms with van der Waals surface area (Å²) in [5.74, 6) is -0.835. The van der Waals surface area contributed by atoms with Crippen LogP contribution in [0.3, 0.4) is 0 Å². The first-order chi connectivity index (χ1) is 9.47. The van der Waals surface area contributed by atoms with Crippen molar-refractivity contribution in [2.45, 2.75) is 0 Å². The molecule has 1 aromatic rings. The third-order valence-electron chi connectivity index (χ3n) is 3.30. The fourth-order valence-corrected chi connectivity index (χ4v) is 2.26. The summed E-state index contributed by atoms with van der Waals surface area (Å²) in [4.78, 5) is 24.7. The molecule has 0 aromatic heterocycles. The van der Waals surface area contributed by atoms with E-state index in [9.17, 15) is 14.9 Å². The Labute approximate surface area is 115 Å². The van der Waals surface area contributed by atoms with E-state index < -0.39 is 10.9 Å². The van der Waals surface area contributed by atoms with Crippen molar-refractivity contribution in [1.82, 2.24) is 4.90 Å². The second-order valence-corrected chi connectivity index (χ2v) is 4.66. The van der Waals surface area contributed by atoms with Crippen LogP contribution in [0.25, 0.3) is 0 Å². The van der Waals surface area contributed by atoms with Crippen LogP contribution in [0.15, 0.2) is 18.2 Å². The van der Waals surface area contributed by atoms with Gasteiger partial charge in [-0.3, -0.25) is 19.8 Å². The van der Waals surface area contributed by atoms with Gasteiger partial charge in [0.15, 0.2) is 0 Å². The van der Waals surface area contributed by atoms with Crippen molar-refractivity contribution >= 4 is 23.0 Å². The minimum atomic E-state index is -0.835. The van der Waals surface area contributed by atoms with Crippen LogP contribution in [0, 0.1) is 10.1 Å². The number of aliphatic carboxylic acids is 1. The van der Waals surface area contributed by atoms with Gasteiger partial charge < -0.3 is 15.7 Å². The molecule has 0 bridgehead atoms. The number of piperazine rings is 1. The molecular formula is C12H16N4O4. The van der Waals surface area contributed by atoms with Crippen LogP contribution >= 0.6 is 0 Å². The number of carboxylic acids is 1. The number of nitrogen functional groups attached to an aromatic ring is 1. The molecule has 20 heavy (non-hydrogen) atoms. The van der Waals surface area contributed by atoms with Crippen LogP contribution < -0.4 is 10.6 Å². The summed E-state index contributed by atoms with van der Waals surface area (Å²) >= 11 is 0. The van der Waals surface area contributed by atoms with Gasteiger partial charge in [-0.2, -0.15) is 0 Å². The number of nitrogens with two attached hydrogens (primary N) is 1. The second-order valence-electron chi connectivity index (χ2n) is 4.66. The molecule has 1 aliphatic rings. The molecule has 3 N–H and O–H groups in total. The Morgan fingerprint density at radius 3 is 2.50 bits per heavy atom. The number of anilines is 2.